The van der Waals surface area contributed by atoms with Gasteiger partial charge in [-0.2, -0.15) is 0 Å². The van der Waals surface area contributed by atoms with Gasteiger partial charge >= 0.3 is 5.97 Å². The predicted molar refractivity (Wildman–Crippen MR) is 63.5 cm³/mol. The van der Waals surface area contributed by atoms with Crippen LogP contribution in [-0.2, 0) is 0 Å². The van der Waals surface area contributed by atoms with Crippen LogP contribution in [0.5, 0.6) is 0 Å². The van der Waals surface area contributed by atoms with Crippen molar-refractivity contribution in [3.63, 3.8) is 0 Å². The number of pyridine rings is 1. The molecule has 5 heteroatoms. The van der Waals surface area contributed by atoms with Gasteiger partial charge in [0.05, 0.1) is 5.56 Å². The molecule has 0 bridgehead atoms. The average molecular weight is 243 g/mol. The zero-order valence-corrected chi connectivity index (χ0v) is 9.78. The number of hydrogen-bond donors (Lipinski definition) is 1. The molecule has 2 atom stereocenters. The first-order valence-corrected chi connectivity index (χ1v) is 6.30. The molecule has 2 aliphatic rings. The quantitative estimate of drug-likeness (QED) is 0.875. The van der Waals surface area contributed by atoms with Crippen molar-refractivity contribution in [3.05, 3.63) is 29.7 Å². The Balaban J connectivity index is 1.79. The summed E-state index contributed by atoms with van der Waals surface area (Å²) in [6, 6.07) is 3.29. The van der Waals surface area contributed by atoms with Crippen LogP contribution in [0.25, 0.3) is 5.65 Å². The molecule has 92 valence electrons. The van der Waals surface area contributed by atoms with E-state index in [1.807, 2.05) is 4.40 Å². The first-order valence-electron chi connectivity index (χ1n) is 6.30. The maximum atomic E-state index is 11.0. The van der Waals surface area contributed by atoms with E-state index in [4.69, 9.17) is 5.11 Å². The van der Waals surface area contributed by atoms with Crippen molar-refractivity contribution in [2.45, 2.75) is 25.2 Å². The standard InChI is InChI=1S/C13H13N3O2/c17-13(18)7-1-2-11-14-15-12(16(11)6-7)10-4-8-3-9(8)5-10/h1-2,6,8-10H,3-5H2,(H,17,18). The number of carbonyl (C=O) groups is 1. The molecule has 2 fully saturated rings. The highest BCUT2D eigenvalue weighted by Crippen LogP contribution is 2.57. The van der Waals surface area contributed by atoms with E-state index in [9.17, 15) is 4.79 Å². The predicted octanol–water partition coefficient (Wildman–Crippen LogP) is 1.94. The number of aromatic carboxylic acids is 1. The smallest absolute Gasteiger partial charge is 0.337 e. The molecule has 0 amide bonds. The minimum Gasteiger partial charge on any atom is -0.478 e. The fourth-order valence-corrected chi connectivity index (χ4v) is 3.24. The molecule has 4 rings (SSSR count). The zero-order chi connectivity index (χ0) is 12.3. The first-order chi connectivity index (χ1) is 8.72. The van der Waals surface area contributed by atoms with Gasteiger partial charge in [0.2, 0.25) is 0 Å². The van der Waals surface area contributed by atoms with E-state index in [-0.39, 0.29) is 5.56 Å². The number of carboxylic acids is 1. The Morgan fingerprint density at radius 2 is 2.00 bits per heavy atom. The molecule has 5 nitrogen and oxygen atoms in total. The van der Waals surface area contributed by atoms with Crippen molar-refractivity contribution in [1.82, 2.24) is 14.6 Å². The lowest BCUT2D eigenvalue weighted by molar-refractivity contribution is 0.0696. The van der Waals surface area contributed by atoms with E-state index in [1.54, 1.807) is 18.3 Å². The van der Waals surface area contributed by atoms with Gasteiger partial charge in [-0.25, -0.2) is 4.79 Å². The van der Waals surface area contributed by atoms with E-state index < -0.39 is 5.97 Å². The summed E-state index contributed by atoms with van der Waals surface area (Å²) in [5.74, 6) is 2.23. The number of carboxylic acid groups (broad SMARTS) is 1. The molecule has 0 aromatic carbocycles. The summed E-state index contributed by atoms with van der Waals surface area (Å²) in [4.78, 5) is 11.0. The summed E-state index contributed by atoms with van der Waals surface area (Å²) >= 11 is 0. The molecule has 2 aliphatic carbocycles. The molecule has 1 N–H and O–H groups in total. The minimum absolute atomic E-state index is 0.284. The molecule has 2 saturated carbocycles. The highest BCUT2D eigenvalue weighted by atomic mass is 16.4. The van der Waals surface area contributed by atoms with Gasteiger partial charge in [0, 0.05) is 12.1 Å². The molecule has 0 aliphatic heterocycles. The van der Waals surface area contributed by atoms with Crippen LogP contribution in [0, 0.1) is 11.8 Å². The summed E-state index contributed by atoms with van der Waals surface area (Å²) in [5, 5.41) is 17.4. The van der Waals surface area contributed by atoms with Crippen LogP contribution in [0.2, 0.25) is 0 Å². The van der Waals surface area contributed by atoms with Gasteiger partial charge in [0.1, 0.15) is 5.82 Å². The van der Waals surface area contributed by atoms with Crippen molar-refractivity contribution in [2.75, 3.05) is 0 Å². The molecule has 0 spiro atoms. The van der Waals surface area contributed by atoms with E-state index >= 15 is 0 Å². The Morgan fingerprint density at radius 1 is 1.22 bits per heavy atom. The van der Waals surface area contributed by atoms with Crippen LogP contribution in [-0.4, -0.2) is 25.7 Å². The molecular formula is C13H13N3O2. The molecular weight excluding hydrogens is 230 g/mol. The number of hydrogen-bond acceptors (Lipinski definition) is 3. The third-order valence-corrected chi connectivity index (χ3v) is 4.28. The van der Waals surface area contributed by atoms with Crippen LogP contribution >= 0.6 is 0 Å². The van der Waals surface area contributed by atoms with E-state index in [2.05, 4.69) is 10.2 Å². The highest BCUT2D eigenvalue weighted by Gasteiger charge is 2.47. The number of aromatic nitrogens is 3. The lowest BCUT2D eigenvalue weighted by atomic mass is 10.0. The minimum atomic E-state index is -0.911. The molecule has 2 aromatic rings. The number of rotatable bonds is 2. The molecule has 0 saturated heterocycles. The third kappa shape index (κ3) is 1.36. The van der Waals surface area contributed by atoms with Gasteiger partial charge in [0.15, 0.2) is 5.65 Å². The Hall–Kier alpha value is -1.91. The van der Waals surface area contributed by atoms with Crippen LogP contribution in [0.15, 0.2) is 18.3 Å². The van der Waals surface area contributed by atoms with Gasteiger partial charge in [-0.3, -0.25) is 4.40 Å². The van der Waals surface area contributed by atoms with Gasteiger partial charge in [0.25, 0.3) is 0 Å². The van der Waals surface area contributed by atoms with Crippen LogP contribution in [0.3, 0.4) is 0 Å². The normalized spacial score (nSPS) is 29.4. The SMILES string of the molecule is O=C(O)c1ccc2nnc(C3CC4CC4C3)n2c1. The van der Waals surface area contributed by atoms with Crippen molar-refractivity contribution in [3.8, 4) is 0 Å². The van der Waals surface area contributed by atoms with Crippen LogP contribution in [0.4, 0.5) is 0 Å². The number of nitrogens with zero attached hydrogens (tertiary/aromatic N) is 3. The van der Waals surface area contributed by atoms with Crippen LogP contribution < -0.4 is 0 Å². The topological polar surface area (TPSA) is 67.5 Å². The highest BCUT2D eigenvalue weighted by molar-refractivity contribution is 5.87. The second-order valence-electron chi connectivity index (χ2n) is 5.43. The number of fused-ring (bicyclic) bond motifs is 2. The Labute approximate surface area is 103 Å². The van der Waals surface area contributed by atoms with Crippen molar-refractivity contribution >= 4 is 11.6 Å². The van der Waals surface area contributed by atoms with Gasteiger partial charge in [-0.1, -0.05) is 0 Å². The molecule has 2 heterocycles. The molecule has 2 aromatic heterocycles. The van der Waals surface area contributed by atoms with Crippen LogP contribution in [0.1, 0.15) is 41.4 Å². The third-order valence-electron chi connectivity index (χ3n) is 4.28. The summed E-state index contributed by atoms with van der Waals surface area (Å²) in [6.07, 6.45) is 5.37. The fourth-order valence-electron chi connectivity index (χ4n) is 3.24. The zero-order valence-electron chi connectivity index (χ0n) is 9.78. The van der Waals surface area contributed by atoms with E-state index in [1.165, 1.54) is 19.3 Å². The maximum absolute atomic E-state index is 11.0. The lowest BCUT2D eigenvalue weighted by Crippen LogP contribution is -2.05. The summed E-state index contributed by atoms with van der Waals surface area (Å²) in [5.41, 5.74) is 1.02. The van der Waals surface area contributed by atoms with Crippen molar-refractivity contribution in [1.29, 1.82) is 0 Å². The molecule has 2 unspecified atom stereocenters. The second kappa shape index (κ2) is 3.31. The largest absolute Gasteiger partial charge is 0.478 e. The van der Waals surface area contributed by atoms with Crippen molar-refractivity contribution < 1.29 is 9.90 Å². The Morgan fingerprint density at radius 3 is 2.72 bits per heavy atom. The van der Waals surface area contributed by atoms with E-state index in [0.29, 0.717) is 5.92 Å². The molecule has 0 radical (unpaired) electrons. The summed E-state index contributed by atoms with van der Waals surface area (Å²) in [7, 11) is 0. The lowest BCUT2D eigenvalue weighted by Gasteiger charge is -2.09. The Bertz CT molecular complexity index is 639. The first kappa shape index (κ1) is 10.1. The van der Waals surface area contributed by atoms with Gasteiger partial charge in [-0.15, -0.1) is 10.2 Å². The monoisotopic (exact) mass is 243 g/mol. The van der Waals surface area contributed by atoms with Crippen molar-refractivity contribution in [2.24, 2.45) is 11.8 Å². The summed E-state index contributed by atoms with van der Waals surface area (Å²) < 4.78 is 1.85. The average Bonchev–Trinajstić information content (AvgIpc) is 2.82. The van der Waals surface area contributed by atoms with Gasteiger partial charge < -0.3 is 5.11 Å². The second-order valence-corrected chi connectivity index (χ2v) is 5.43. The maximum Gasteiger partial charge on any atom is 0.337 e. The molecule has 18 heavy (non-hydrogen) atoms. The van der Waals surface area contributed by atoms with Gasteiger partial charge in [-0.05, 0) is 43.2 Å². The Kier molecular flexibility index (Phi) is 1.85. The summed E-state index contributed by atoms with van der Waals surface area (Å²) in [6.45, 7) is 0. The van der Waals surface area contributed by atoms with E-state index in [0.717, 1.165) is 23.3 Å². The fraction of sp³-hybridized carbons (Fsp3) is 0.462.